The molecule has 3 nitrogen and oxygen atoms in total. The zero-order chi connectivity index (χ0) is 7.23. The van der Waals surface area contributed by atoms with Gasteiger partial charge in [-0.1, -0.05) is 6.07 Å². The van der Waals surface area contributed by atoms with Gasteiger partial charge in [-0.3, -0.25) is 4.79 Å². The van der Waals surface area contributed by atoms with E-state index >= 15 is 0 Å². The Labute approximate surface area is 62.6 Å². The second kappa shape index (κ2) is 3.90. The van der Waals surface area contributed by atoms with E-state index in [1.807, 2.05) is 6.07 Å². The molecule has 0 saturated heterocycles. The second-order valence-electron chi connectivity index (χ2n) is 1.44. The Balaban J connectivity index is 2.50. The van der Waals surface area contributed by atoms with Crippen LogP contribution in [0.2, 0.25) is 0 Å². The first-order valence-corrected chi connectivity index (χ1v) is 3.35. The van der Waals surface area contributed by atoms with Gasteiger partial charge in [0.15, 0.2) is 0 Å². The van der Waals surface area contributed by atoms with E-state index in [-0.39, 0.29) is 0 Å². The second-order valence-corrected chi connectivity index (χ2v) is 2.22. The van der Waals surface area contributed by atoms with Crippen LogP contribution in [0, 0.1) is 0 Å². The van der Waals surface area contributed by atoms with Gasteiger partial charge in [-0.25, -0.2) is 4.98 Å². The van der Waals surface area contributed by atoms with Crippen LogP contribution in [0.4, 0.5) is 0 Å². The van der Waals surface area contributed by atoms with Crippen LogP contribution in [0.15, 0.2) is 29.4 Å². The average Bonchev–Trinajstić information content (AvgIpc) is 2.03. The van der Waals surface area contributed by atoms with Gasteiger partial charge >= 0.3 is 6.47 Å². The molecular weight excluding hydrogens is 150 g/mol. The van der Waals surface area contributed by atoms with Gasteiger partial charge in [-0.2, -0.15) is 0 Å². The molecule has 0 spiro atoms. The summed E-state index contributed by atoms with van der Waals surface area (Å²) in [6.07, 6.45) is 1.64. The Morgan fingerprint density at radius 3 is 3.10 bits per heavy atom. The molecule has 0 amide bonds. The smallest absolute Gasteiger partial charge is 0.305 e. The molecule has 52 valence electrons. The van der Waals surface area contributed by atoms with Gasteiger partial charge in [-0.05, 0) is 12.1 Å². The van der Waals surface area contributed by atoms with Crippen molar-refractivity contribution >= 4 is 18.5 Å². The molecule has 0 aromatic carbocycles. The summed E-state index contributed by atoms with van der Waals surface area (Å²) in [5, 5.41) is 0.676. The number of nitrogens with zero attached hydrogens (tertiary/aromatic N) is 1. The molecule has 0 unspecified atom stereocenters. The van der Waals surface area contributed by atoms with Crippen molar-refractivity contribution in [3.63, 3.8) is 0 Å². The summed E-state index contributed by atoms with van der Waals surface area (Å²) in [6, 6.07) is 5.38. The van der Waals surface area contributed by atoms with Gasteiger partial charge in [0.1, 0.15) is 17.1 Å². The first-order chi connectivity index (χ1) is 4.93. The van der Waals surface area contributed by atoms with E-state index in [1.165, 1.54) is 0 Å². The minimum Gasteiger partial charge on any atom is -0.387 e. The molecule has 4 heteroatoms. The lowest BCUT2D eigenvalue weighted by molar-refractivity contribution is -0.119. The summed E-state index contributed by atoms with van der Waals surface area (Å²) in [5.74, 6) is 0. The molecule has 0 radical (unpaired) electrons. The Morgan fingerprint density at radius 2 is 2.50 bits per heavy atom. The molecule has 0 aliphatic rings. The van der Waals surface area contributed by atoms with Crippen LogP contribution in [-0.4, -0.2) is 11.5 Å². The number of hydrogen-bond acceptors (Lipinski definition) is 4. The number of carbonyl (C=O) groups excluding carboxylic acids is 1. The van der Waals surface area contributed by atoms with E-state index in [9.17, 15) is 4.79 Å². The highest BCUT2D eigenvalue weighted by atomic mass is 32.2. The molecule has 0 saturated carbocycles. The molecule has 1 heterocycles. The third-order valence-corrected chi connectivity index (χ3v) is 1.40. The Kier molecular flexibility index (Phi) is 2.76. The molecule has 0 N–H and O–H groups in total. The summed E-state index contributed by atoms with van der Waals surface area (Å²) in [4.78, 5) is 13.6. The molecule has 1 aromatic rings. The van der Waals surface area contributed by atoms with Crippen LogP contribution in [0.1, 0.15) is 0 Å². The van der Waals surface area contributed by atoms with E-state index < -0.39 is 0 Å². The maximum absolute atomic E-state index is 9.71. The molecule has 0 fully saturated rings. The van der Waals surface area contributed by atoms with Crippen LogP contribution in [0.5, 0.6) is 0 Å². The highest BCUT2D eigenvalue weighted by Gasteiger charge is 1.91. The van der Waals surface area contributed by atoms with E-state index in [0.717, 1.165) is 12.0 Å². The van der Waals surface area contributed by atoms with E-state index in [0.29, 0.717) is 11.5 Å². The average molecular weight is 155 g/mol. The summed E-state index contributed by atoms with van der Waals surface area (Å²) in [6.45, 7) is 0.374. The number of aromatic nitrogens is 1. The largest absolute Gasteiger partial charge is 0.387 e. The molecule has 0 bridgehead atoms. The maximum atomic E-state index is 9.71. The van der Waals surface area contributed by atoms with Crippen LogP contribution >= 0.6 is 12.0 Å². The predicted octanol–water partition coefficient (Wildman–Crippen LogP) is 1.26. The summed E-state index contributed by atoms with van der Waals surface area (Å²) < 4.78 is 4.39. The molecule has 0 aliphatic heterocycles. The monoisotopic (exact) mass is 155 g/mol. The van der Waals surface area contributed by atoms with Crippen molar-refractivity contribution in [3.05, 3.63) is 24.4 Å². The standard InChI is InChI=1S/C6H5NO2S/c8-5-9-10-6-3-1-2-4-7-6/h1-5H. The van der Waals surface area contributed by atoms with Crippen molar-refractivity contribution in [1.29, 1.82) is 0 Å². The van der Waals surface area contributed by atoms with Crippen molar-refractivity contribution in [2.75, 3.05) is 0 Å². The van der Waals surface area contributed by atoms with E-state index in [4.69, 9.17) is 0 Å². The SMILES string of the molecule is O=COSc1ccccn1. The van der Waals surface area contributed by atoms with Crippen molar-refractivity contribution in [2.24, 2.45) is 0 Å². The maximum Gasteiger partial charge on any atom is 0.305 e. The number of pyridine rings is 1. The Bertz CT molecular complexity index is 202. The fraction of sp³-hybridized carbons (Fsp3) is 0. The zero-order valence-electron chi connectivity index (χ0n) is 5.06. The van der Waals surface area contributed by atoms with Crippen molar-refractivity contribution < 1.29 is 8.98 Å². The van der Waals surface area contributed by atoms with Gasteiger partial charge in [0.25, 0.3) is 0 Å². The first kappa shape index (κ1) is 7.08. The molecule has 10 heavy (non-hydrogen) atoms. The molecule has 1 aromatic heterocycles. The predicted molar refractivity (Wildman–Crippen MR) is 37.2 cm³/mol. The van der Waals surface area contributed by atoms with E-state index in [2.05, 4.69) is 9.17 Å². The number of rotatable bonds is 3. The molecule has 0 atom stereocenters. The van der Waals surface area contributed by atoms with Gasteiger partial charge in [0.2, 0.25) is 0 Å². The summed E-state index contributed by atoms with van der Waals surface area (Å²) in [5.41, 5.74) is 0. The van der Waals surface area contributed by atoms with Gasteiger partial charge in [-0.15, -0.1) is 0 Å². The Morgan fingerprint density at radius 1 is 1.60 bits per heavy atom. The lowest BCUT2D eigenvalue weighted by Crippen LogP contribution is -1.78. The first-order valence-electron chi connectivity index (χ1n) is 2.61. The summed E-state index contributed by atoms with van der Waals surface area (Å²) >= 11 is 0.941. The Hall–Kier alpha value is -1.03. The topological polar surface area (TPSA) is 39.2 Å². The number of hydrogen-bond donors (Lipinski definition) is 0. The molecule has 0 aliphatic carbocycles. The minimum absolute atomic E-state index is 0.374. The third kappa shape index (κ3) is 2.06. The van der Waals surface area contributed by atoms with Gasteiger partial charge < -0.3 is 4.18 Å². The highest BCUT2D eigenvalue weighted by Crippen LogP contribution is 2.12. The van der Waals surface area contributed by atoms with Gasteiger partial charge in [0, 0.05) is 6.20 Å². The highest BCUT2D eigenvalue weighted by molar-refractivity contribution is 7.94. The fourth-order valence-electron chi connectivity index (χ4n) is 0.465. The molecule has 1 rings (SSSR count). The van der Waals surface area contributed by atoms with Crippen LogP contribution < -0.4 is 0 Å². The van der Waals surface area contributed by atoms with E-state index in [1.54, 1.807) is 18.3 Å². The van der Waals surface area contributed by atoms with Crippen LogP contribution in [0.3, 0.4) is 0 Å². The van der Waals surface area contributed by atoms with Crippen molar-refractivity contribution in [1.82, 2.24) is 4.98 Å². The van der Waals surface area contributed by atoms with Crippen LogP contribution in [0.25, 0.3) is 0 Å². The lowest BCUT2D eigenvalue weighted by atomic mass is 10.5. The van der Waals surface area contributed by atoms with Crippen molar-refractivity contribution in [2.45, 2.75) is 5.03 Å². The molecular formula is C6H5NO2S. The van der Waals surface area contributed by atoms with Crippen molar-refractivity contribution in [3.8, 4) is 0 Å². The minimum atomic E-state index is 0.374. The lowest BCUT2D eigenvalue weighted by Gasteiger charge is -1.92. The number of carbonyl (C=O) groups is 1. The summed E-state index contributed by atoms with van der Waals surface area (Å²) in [7, 11) is 0. The normalized spacial score (nSPS) is 8.80. The fourth-order valence-corrected chi connectivity index (χ4v) is 0.841. The van der Waals surface area contributed by atoms with Gasteiger partial charge in [0.05, 0.1) is 0 Å². The quantitative estimate of drug-likeness (QED) is 0.486. The van der Waals surface area contributed by atoms with Crippen LogP contribution in [-0.2, 0) is 8.98 Å². The third-order valence-electron chi connectivity index (χ3n) is 0.811. The zero-order valence-corrected chi connectivity index (χ0v) is 5.88.